The molecular weight excluding hydrogens is 236 g/mol. The van der Waals surface area contributed by atoms with E-state index in [1.54, 1.807) is 13.2 Å². The van der Waals surface area contributed by atoms with Crippen LogP contribution in [0.25, 0.3) is 0 Å². The minimum atomic E-state index is 0.174. The fourth-order valence-electron chi connectivity index (χ4n) is 2.39. The SMILES string of the molecule is CCC(CC)(CC)NCc1cc(C#N)ccc1OC. The standard InChI is InChI=1S/C16H24N2O/c1-5-16(6-2,7-3)18-12-14-10-13(11-17)8-9-15(14)19-4/h8-10,18H,5-7,12H2,1-4H3. The van der Waals surface area contributed by atoms with Crippen LogP contribution in [0, 0.1) is 11.3 Å². The van der Waals surface area contributed by atoms with E-state index in [9.17, 15) is 0 Å². The molecule has 1 rings (SSSR count). The van der Waals surface area contributed by atoms with Crippen LogP contribution < -0.4 is 10.1 Å². The molecule has 0 aliphatic heterocycles. The Morgan fingerprint density at radius 2 is 1.84 bits per heavy atom. The summed E-state index contributed by atoms with van der Waals surface area (Å²) in [5.41, 5.74) is 1.89. The number of benzene rings is 1. The summed E-state index contributed by atoms with van der Waals surface area (Å²) in [4.78, 5) is 0. The van der Waals surface area contributed by atoms with Crippen LogP contribution in [-0.2, 0) is 6.54 Å². The highest BCUT2D eigenvalue weighted by atomic mass is 16.5. The van der Waals surface area contributed by atoms with Crippen LogP contribution in [0.15, 0.2) is 18.2 Å². The van der Waals surface area contributed by atoms with E-state index in [0.717, 1.165) is 37.1 Å². The van der Waals surface area contributed by atoms with Crippen molar-refractivity contribution < 1.29 is 4.74 Å². The van der Waals surface area contributed by atoms with Crippen molar-refractivity contribution in [3.05, 3.63) is 29.3 Å². The van der Waals surface area contributed by atoms with Gasteiger partial charge in [0.05, 0.1) is 18.7 Å². The van der Waals surface area contributed by atoms with Crippen LogP contribution in [0.2, 0.25) is 0 Å². The number of ether oxygens (including phenoxy) is 1. The average molecular weight is 260 g/mol. The molecule has 0 aliphatic rings. The molecule has 0 aliphatic carbocycles. The maximum atomic E-state index is 8.98. The predicted octanol–water partition coefficient (Wildman–Crippen LogP) is 3.63. The Hall–Kier alpha value is -1.53. The highest BCUT2D eigenvalue weighted by Crippen LogP contribution is 2.23. The third kappa shape index (κ3) is 3.71. The van der Waals surface area contributed by atoms with Crippen LogP contribution in [0.4, 0.5) is 0 Å². The van der Waals surface area contributed by atoms with Gasteiger partial charge in [-0.05, 0) is 37.5 Å². The van der Waals surface area contributed by atoms with E-state index in [2.05, 4.69) is 32.2 Å². The molecule has 0 bridgehead atoms. The Balaban J connectivity index is 2.90. The summed E-state index contributed by atoms with van der Waals surface area (Å²) in [6.45, 7) is 7.36. The Kier molecular flexibility index (Phi) is 5.85. The van der Waals surface area contributed by atoms with Gasteiger partial charge in [0.1, 0.15) is 5.75 Å². The molecule has 0 saturated heterocycles. The van der Waals surface area contributed by atoms with Crippen LogP contribution in [0.1, 0.15) is 51.2 Å². The molecular formula is C16H24N2O. The van der Waals surface area contributed by atoms with E-state index in [0.29, 0.717) is 5.56 Å². The van der Waals surface area contributed by atoms with Crippen molar-refractivity contribution in [2.24, 2.45) is 0 Å². The van der Waals surface area contributed by atoms with Crippen LogP contribution in [-0.4, -0.2) is 12.6 Å². The van der Waals surface area contributed by atoms with E-state index < -0.39 is 0 Å². The molecule has 0 saturated carbocycles. The second-order valence-corrected chi connectivity index (χ2v) is 4.83. The number of nitriles is 1. The monoisotopic (exact) mass is 260 g/mol. The lowest BCUT2D eigenvalue weighted by Gasteiger charge is -2.32. The van der Waals surface area contributed by atoms with Crippen molar-refractivity contribution >= 4 is 0 Å². The summed E-state index contributed by atoms with van der Waals surface area (Å²) in [6.07, 6.45) is 3.29. The number of methoxy groups -OCH3 is 1. The minimum Gasteiger partial charge on any atom is -0.496 e. The molecule has 0 fully saturated rings. The van der Waals surface area contributed by atoms with E-state index in [4.69, 9.17) is 10.00 Å². The highest BCUT2D eigenvalue weighted by Gasteiger charge is 2.23. The van der Waals surface area contributed by atoms with Crippen molar-refractivity contribution in [3.8, 4) is 11.8 Å². The van der Waals surface area contributed by atoms with Crippen molar-refractivity contribution in [1.29, 1.82) is 5.26 Å². The number of rotatable bonds is 7. The highest BCUT2D eigenvalue weighted by molar-refractivity contribution is 5.42. The van der Waals surface area contributed by atoms with E-state index >= 15 is 0 Å². The van der Waals surface area contributed by atoms with E-state index in [1.807, 2.05) is 12.1 Å². The largest absolute Gasteiger partial charge is 0.496 e. The quantitative estimate of drug-likeness (QED) is 0.814. The maximum absolute atomic E-state index is 8.98. The van der Waals surface area contributed by atoms with Gasteiger partial charge >= 0.3 is 0 Å². The van der Waals surface area contributed by atoms with Gasteiger partial charge < -0.3 is 10.1 Å². The van der Waals surface area contributed by atoms with Gasteiger partial charge in [-0.25, -0.2) is 0 Å². The van der Waals surface area contributed by atoms with Crippen LogP contribution in [0.3, 0.4) is 0 Å². The second-order valence-electron chi connectivity index (χ2n) is 4.83. The molecule has 0 spiro atoms. The van der Waals surface area contributed by atoms with Crippen molar-refractivity contribution in [2.75, 3.05) is 7.11 Å². The van der Waals surface area contributed by atoms with Crippen molar-refractivity contribution in [3.63, 3.8) is 0 Å². The van der Waals surface area contributed by atoms with Gasteiger partial charge in [-0.1, -0.05) is 20.8 Å². The second kappa shape index (κ2) is 7.16. The molecule has 1 aromatic carbocycles. The first-order valence-electron chi connectivity index (χ1n) is 6.96. The number of nitrogens with zero attached hydrogens (tertiary/aromatic N) is 1. The summed E-state index contributed by atoms with van der Waals surface area (Å²) in [6, 6.07) is 7.72. The summed E-state index contributed by atoms with van der Waals surface area (Å²) < 4.78 is 5.36. The normalized spacial score (nSPS) is 11.1. The minimum absolute atomic E-state index is 0.174. The van der Waals surface area contributed by atoms with Gasteiger partial charge in [0.2, 0.25) is 0 Å². The zero-order valence-corrected chi connectivity index (χ0v) is 12.4. The Morgan fingerprint density at radius 3 is 2.32 bits per heavy atom. The van der Waals surface area contributed by atoms with Gasteiger partial charge in [-0.3, -0.25) is 0 Å². The van der Waals surface area contributed by atoms with Gasteiger partial charge in [0, 0.05) is 17.6 Å². The smallest absolute Gasteiger partial charge is 0.123 e. The lowest BCUT2D eigenvalue weighted by atomic mass is 9.89. The predicted molar refractivity (Wildman–Crippen MR) is 78.2 cm³/mol. The van der Waals surface area contributed by atoms with Crippen molar-refractivity contribution in [2.45, 2.75) is 52.1 Å². The van der Waals surface area contributed by atoms with Gasteiger partial charge in [0.25, 0.3) is 0 Å². The van der Waals surface area contributed by atoms with E-state index in [-0.39, 0.29) is 5.54 Å². The lowest BCUT2D eigenvalue weighted by Crippen LogP contribution is -2.43. The molecule has 0 radical (unpaired) electrons. The summed E-state index contributed by atoms with van der Waals surface area (Å²) in [7, 11) is 1.66. The lowest BCUT2D eigenvalue weighted by molar-refractivity contribution is 0.285. The summed E-state index contributed by atoms with van der Waals surface area (Å²) in [5, 5.41) is 12.6. The van der Waals surface area contributed by atoms with Crippen LogP contribution >= 0.6 is 0 Å². The summed E-state index contributed by atoms with van der Waals surface area (Å²) in [5.74, 6) is 0.837. The molecule has 0 unspecified atom stereocenters. The molecule has 3 heteroatoms. The molecule has 0 aromatic heterocycles. The fraction of sp³-hybridized carbons (Fsp3) is 0.562. The molecule has 104 valence electrons. The zero-order chi connectivity index (χ0) is 14.3. The number of hydrogen-bond donors (Lipinski definition) is 1. The Bertz CT molecular complexity index is 436. The number of hydrogen-bond acceptors (Lipinski definition) is 3. The summed E-state index contributed by atoms with van der Waals surface area (Å²) >= 11 is 0. The molecule has 0 atom stereocenters. The topological polar surface area (TPSA) is 45.0 Å². The van der Waals surface area contributed by atoms with Gasteiger partial charge in [-0.2, -0.15) is 5.26 Å². The zero-order valence-electron chi connectivity index (χ0n) is 12.4. The molecule has 1 aromatic rings. The van der Waals surface area contributed by atoms with Crippen molar-refractivity contribution in [1.82, 2.24) is 5.32 Å². The first-order chi connectivity index (χ1) is 9.14. The first kappa shape index (κ1) is 15.5. The first-order valence-corrected chi connectivity index (χ1v) is 6.96. The van der Waals surface area contributed by atoms with E-state index in [1.165, 1.54) is 0 Å². The molecule has 19 heavy (non-hydrogen) atoms. The average Bonchev–Trinajstić information content (AvgIpc) is 2.49. The van der Waals surface area contributed by atoms with Gasteiger partial charge in [0.15, 0.2) is 0 Å². The molecule has 0 heterocycles. The fourth-order valence-corrected chi connectivity index (χ4v) is 2.39. The van der Waals surface area contributed by atoms with Crippen LogP contribution in [0.5, 0.6) is 5.75 Å². The third-order valence-corrected chi connectivity index (χ3v) is 4.09. The number of nitrogens with one attached hydrogen (secondary N) is 1. The third-order valence-electron chi connectivity index (χ3n) is 4.09. The molecule has 1 N–H and O–H groups in total. The molecule has 0 amide bonds. The van der Waals surface area contributed by atoms with Gasteiger partial charge in [-0.15, -0.1) is 0 Å². The maximum Gasteiger partial charge on any atom is 0.123 e. The Labute approximate surface area is 116 Å². The Morgan fingerprint density at radius 1 is 1.21 bits per heavy atom. The molecule has 3 nitrogen and oxygen atoms in total.